The van der Waals surface area contributed by atoms with Crippen LogP contribution in [0.4, 0.5) is 0 Å². The lowest BCUT2D eigenvalue weighted by atomic mass is 10.2. The number of ether oxygens (including phenoxy) is 1. The Labute approximate surface area is 154 Å². The fraction of sp³-hybridized carbons (Fsp3) is 0.0526. The third-order valence-electron chi connectivity index (χ3n) is 3.34. The van der Waals surface area contributed by atoms with Crippen molar-refractivity contribution in [3.8, 4) is 17.0 Å². The summed E-state index contributed by atoms with van der Waals surface area (Å²) in [5, 5.41) is 12.1. The molecule has 0 amide bonds. The van der Waals surface area contributed by atoms with Crippen molar-refractivity contribution < 1.29 is 14.6 Å². The smallest absolute Gasteiger partial charge is 0.328 e. The van der Waals surface area contributed by atoms with Crippen LogP contribution in [-0.4, -0.2) is 16.1 Å². The normalized spacial score (nSPS) is 10.9. The molecule has 0 atom stereocenters. The first-order valence-electron chi connectivity index (χ1n) is 7.45. The average molecular weight is 372 g/mol. The summed E-state index contributed by atoms with van der Waals surface area (Å²) in [6.45, 7) is 0.335. The lowest BCUT2D eigenvalue weighted by Crippen LogP contribution is -1.95. The average Bonchev–Trinajstić information content (AvgIpc) is 3.08. The van der Waals surface area contributed by atoms with Crippen LogP contribution in [0.1, 0.15) is 10.6 Å². The van der Waals surface area contributed by atoms with E-state index in [1.165, 1.54) is 17.4 Å². The molecule has 0 aliphatic heterocycles. The molecular weight excluding hydrogens is 358 g/mol. The van der Waals surface area contributed by atoms with Crippen molar-refractivity contribution in [2.24, 2.45) is 0 Å². The predicted molar refractivity (Wildman–Crippen MR) is 100 cm³/mol. The molecular formula is C19H14ClNO3S. The van der Waals surface area contributed by atoms with E-state index in [0.29, 0.717) is 17.4 Å². The lowest BCUT2D eigenvalue weighted by Gasteiger charge is -2.05. The second-order valence-electron chi connectivity index (χ2n) is 5.14. The predicted octanol–water partition coefficient (Wildman–Crippen LogP) is 5.14. The first-order chi connectivity index (χ1) is 12.1. The van der Waals surface area contributed by atoms with Crippen LogP contribution in [0.5, 0.6) is 5.75 Å². The first kappa shape index (κ1) is 17.2. The van der Waals surface area contributed by atoms with Gasteiger partial charge < -0.3 is 9.84 Å². The molecule has 1 N–H and O–H groups in total. The van der Waals surface area contributed by atoms with E-state index < -0.39 is 5.97 Å². The Balaban J connectivity index is 1.68. The maximum Gasteiger partial charge on any atom is 0.328 e. The van der Waals surface area contributed by atoms with Gasteiger partial charge in [0.2, 0.25) is 0 Å². The second kappa shape index (κ2) is 7.96. The molecule has 3 rings (SSSR count). The molecule has 0 radical (unpaired) electrons. The Hall–Kier alpha value is -2.63. The number of hydrogen-bond donors (Lipinski definition) is 1. The van der Waals surface area contributed by atoms with Crippen molar-refractivity contribution >= 4 is 35.0 Å². The van der Waals surface area contributed by atoms with Crippen LogP contribution in [0.2, 0.25) is 5.02 Å². The monoisotopic (exact) mass is 371 g/mol. The Morgan fingerprint density at radius 1 is 1.24 bits per heavy atom. The van der Waals surface area contributed by atoms with Crippen molar-refractivity contribution in [1.82, 2.24) is 4.98 Å². The quantitative estimate of drug-likeness (QED) is 0.609. The van der Waals surface area contributed by atoms with E-state index in [1.807, 2.05) is 47.8 Å². The summed E-state index contributed by atoms with van der Waals surface area (Å²) in [5.74, 6) is -0.330. The fourth-order valence-electron chi connectivity index (χ4n) is 2.19. The van der Waals surface area contributed by atoms with Gasteiger partial charge >= 0.3 is 5.97 Å². The number of rotatable bonds is 6. The van der Waals surface area contributed by atoms with E-state index in [1.54, 1.807) is 6.07 Å². The Morgan fingerprint density at radius 3 is 2.88 bits per heavy atom. The molecule has 1 heterocycles. The summed E-state index contributed by atoms with van der Waals surface area (Å²) in [6.07, 6.45) is 2.61. The molecule has 2 aromatic carbocycles. The van der Waals surface area contributed by atoms with Crippen molar-refractivity contribution in [3.63, 3.8) is 0 Å². The summed E-state index contributed by atoms with van der Waals surface area (Å²) < 4.78 is 5.75. The molecule has 0 fully saturated rings. The summed E-state index contributed by atoms with van der Waals surface area (Å²) in [4.78, 5) is 15.1. The molecule has 126 valence electrons. The summed E-state index contributed by atoms with van der Waals surface area (Å²) >= 11 is 7.70. The van der Waals surface area contributed by atoms with Gasteiger partial charge in [-0.1, -0.05) is 41.9 Å². The molecule has 0 bridgehead atoms. The molecule has 0 unspecified atom stereocenters. The highest BCUT2D eigenvalue weighted by atomic mass is 35.5. The molecule has 0 spiro atoms. The van der Waals surface area contributed by atoms with E-state index >= 15 is 0 Å². The molecule has 3 aromatic rings. The third kappa shape index (κ3) is 4.68. The summed E-state index contributed by atoms with van der Waals surface area (Å²) in [7, 11) is 0. The number of aromatic nitrogens is 1. The highest BCUT2D eigenvalue weighted by Crippen LogP contribution is 2.29. The Kier molecular flexibility index (Phi) is 5.48. The standard InChI is InChI=1S/C19H14ClNO3S/c20-16-7-2-1-6-15(16)17-12-25-18(21-17)11-24-14-5-3-4-13(10-14)8-9-19(22)23/h1-10,12H,11H2,(H,22,23)/b9-8+. The first-order valence-corrected chi connectivity index (χ1v) is 8.71. The van der Waals surface area contributed by atoms with Gasteiger partial charge in [0, 0.05) is 22.0 Å². The van der Waals surface area contributed by atoms with Crippen LogP contribution < -0.4 is 4.74 Å². The minimum atomic E-state index is -0.985. The van der Waals surface area contributed by atoms with Gasteiger partial charge in [0.05, 0.1) is 5.69 Å². The van der Waals surface area contributed by atoms with E-state index in [-0.39, 0.29) is 0 Å². The zero-order valence-corrected chi connectivity index (χ0v) is 14.6. The van der Waals surface area contributed by atoms with Gasteiger partial charge in [0.25, 0.3) is 0 Å². The van der Waals surface area contributed by atoms with Gasteiger partial charge in [0.1, 0.15) is 17.4 Å². The molecule has 6 heteroatoms. The number of carboxylic acids is 1. The van der Waals surface area contributed by atoms with Crippen LogP contribution >= 0.6 is 22.9 Å². The van der Waals surface area contributed by atoms with Crippen molar-refractivity contribution in [2.75, 3.05) is 0 Å². The van der Waals surface area contributed by atoms with E-state index in [9.17, 15) is 4.79 Å². The summed E-state index contributed by atoms with van der Waals surface area (Å²) in [5.41, 5.74) is 2.48. The zero-order chi connectivity index (χ0) is 17.6. The van der Waals surface area contributed by atoms with E-state index in [4.69, 9.17) is 21.4 Å². The topological polar surface area (TPSA) is 59.4 Å². The van der Waals surface area contributed by atoms with Gasteiger partial charge in [-0.05, 0) is 29.8 Å². The fourth-order valence-corrected chi connectivity index (χ4v) is 3.13. The Morgan fingerprint density at radius 2 is 2.08 bits per heavy atom. The number of halogens is 1. The molecule has 0 aliphatic carbocycles. The SMILES string of the molecule is O=C(O)/C=C/c1cccc(OCc2nc(-c3ccccc3Cl)cs2)c1. The van der Waals surface area contributed by atoms with Crippen molar-refractivity contribution in [2.45, 2.75) is 6.61 Å². The van der Waals surface area contributed by atoms with Crippen LogP contribution in [-0.2, 0) is 11.4 Å². The van der Waals surface area contributed by atoms with Crippen molar-refractivity contribution in [3.05, 3.63) is 75.6 Å². The molecule has 0 saturated heterocycles. The highest BCUT2D eigenvalue weighted by Gasteiger charge is 2.08. The minimum absolute atomic E-state index is 0.335. The van der Waals surface area contributed by atoms with Crippen molar-refractivity contribution in [1.29, 1.82) is 0 Å². The number of carboxylic acid groups (broad SMARTS) is 1. The van der Waals surface area contributed by atoms with Crippen LogP contribution in [0, 0.1) is 0 Å². The Bertz CT molecular complexity index is 920. The number of nitrogens with zero attached hydrogens (tertiary/aromatic N) is 1. The highest BCUT2D eigenvalue weighted by molar-refractivity contribution is 7.09. The van der Waals surface area contributed by atoms with Gasteiger partial charge in [-0.25, -0.2) is 9.78 Å². The molecule has 0 aliphatic rings. The zero-order valence-electron chi connectivity index (χ0n) is 13.1. The molecule has 0 saturated carbocycles. The number of hydrogen-bond acceptors (Lipinski definition) is 4. The minimum Gasteiger partial charge on any atom is -0.486 e. The van der Waals surface area contributed by atoms with Crippen LogP contribution in [0.15, 0.2) is 60.0 Å². The number of benzene rings is 2. The molecule has 4 nitrogen and oxygen atoms in total. The van der Waals surface area contributed by atoms with Crippen LogP contribution in [0.3, 0.4) is 0 Å². The largest absolute Gasteiger partial charge is 0.486 e. The molecule has 25 heavy (non-hydrogen) atoms. The molecule has 1 aromatic heterocycles. The van der Waals surface area contributed by atoms with Gasteiger partial charge in [-0.3, -0.25) is 0 Å². The van der Waals surface area contributed by atoms with E-state index in [2.05, 4.69) is 4.98 Å². The second-order valence-corrected chi connectivity index (χ2v) is 6.49. The number of thiazole rings is 1. The van der Waals surface area contributed by atoms with Gasteiger partial charge in [-0.2, -0.15) is 0 Å². The maximum atomic E-state index is 10.6. The lowest BCUT2D eigenvalue weighted by molar-refractivity contribution is -0.131. The summed E-state index contributed by atoms with van der Waals surface area (Å²) in [6, 6.07) is 14.8. The van der Waals surface area contributed by atoms with Gasteiger partial charge in [0.15, 0.2) is 0 Å². The number of carbonyl (C=O) groups is 1. The number of aliphatic carboxylic acids is 1. The van der Waals surface area contributed by atoms with Crippen LogP contribution in [0.25, 0.3) is 17.3 Å². The van der Waals surface area contributed by atoms with Gasteiger partial charge in [-0.15, -0.1) is 11.3 Å². The maximum absolute atomic E-state index is 10.6. The van der Waals surface area contributed by atoms with E-state index in [0.717, 1.165) is 27.9 Å². The third-order valence-corrected chi connectivity index (χ3v) is 4.49.